The number of aromatic nitrogens is 1. The van der Waals surface area contributed by atoms with Crippen LogP contribution in [-0.4, -0.2) is 13.4 Å². The molecular weight excluding hydrogens is 377 g/mol. The van der Waals surface area contributed by atoms with Crippen molar-refractivity contribution in [3.05, 3.63) is 77.2 Å². The maximum atomic E-state index is 12.9. The van der Waals surface area contributed by atoms with Crippen LogP contribution in [0.25, 0.3) is 0 Å². The van der Waals surface area contributed by atoms with E-state index in [-0.39, 0.29) is 10.7 Å². The lowest BCUT2D eigenvalue weighted by Crippen LogP contribution is -2.13. The molecule has 1 heterocycles. The van der Waals surface area contributed by atoms with E-state index in [0.29, 0.717) is 10.7 Å². The summed E-state index contributed by atoms with van der Waals surface area (Å²) in [4.78, 5) is 4.06. The molecule has 0 bridgehead atoms. The molecule has 3 rings (SSSR count). The van der Waals surface area contributed by atoms with Crippen molar-refractivity contribution in [3.63, 3.8) is 0 Å². The molecule has 0 atom stereocenters. The largest absolute Gasteiger partial charge is 0.354 e. The highest BCUT2D eigenvalue weighted by Gasteiger charge is 2.14. The lowest BCUT2D eigenvalue weighted by molar-refractivity contribution is 0.599. The average Bonchev–Trinajstić information content (AvgIpc) is 2.59. The minimum absolute atomic E-state index is 0.0420. The Balaban J connectivity index is 1.74. The Labute approximate surface area is 155 Å². The molecule has 0 unspecified atom stereocenters. The van der Waals surface area contributed by atoms with Crippen LogP contribution in [0.4, 0.5) is 21.6 Å². The van der Waals surface area contributed by atoms with E-state index in [1.807, 2.05) is 19.1 Å². The number of rotatable bonds is 5. The maximum Gasteiger partial charge on any atom is 0.263 e. The fourth-order valence-corrected chi connectivity index (χ4v) is 3.50. The first kappa shape index (κ1) is 18.2. The Kier molecular flexibility index (Phi) is 5.11. The van der Waals surface area contributed by atoms with Crippen LogP contribution in [-0.2, 0) is 10.0 Å². The van der Waals surface area contributed by atoms with Crippen LogP contribution in [0.1, 0.15) is 5.56 Å². The number of sulfonamides is 1. The zero-order valence-corrected chi connectivity index (χ0v) is 15.3. The number of hydrogen-bond donors (Lipinski definition) is 2. The molecule has 0 spiro atoms. The van der Waals surface area contributed by atoms with Gasteiger partial charge < -0.3 is 5.32 Å². The summed E-state index contributed by atoms with van der Waals surface area (Å²) in [6.07, 6.45) is 1.51. The van der Waals surface area contributed by atoms with Crippen LogP contribution < -0.4 is 10.0 Å². The van der Waals surface area contributed by atoms with Gasteiger partial charge >= 0.3 is 0 Å². The molecule has 0 aliphatic rings. The first-order valence-electron chi connectivity index (χ1n) is 7.61. The van der Waals surface area contributed by atoms with Gasteiger partial charge in [0, 0.05) is 10.7 Å². The third-order valence-electron chi connectivity index (χ3n) is 3.59. The molecule has 1 aromatic heterocycles. The summed E-state index contributed by atoms with van der Waals surface area (Å²) in [5, 5.41) is 3.84. The molecule has 0 amide bonds. The molecule has 2 aromatic carbocycles. The van der Waals surface area contributed by atoms with E-state index in [0.717, 1.165) is 23.4 Å². The zero-order chi connectivity index (χ0) is 18.7. The standard InChI is InChI=1S/C18H15ClFN3O2S/c1-12-10-13(19)2-8-17(12)22-15-5-9-18(21-11-15)23-26(24,25)16-6-3-14(20)4-7-16/h2-11,22H,1H3,(H,21,23). The molecule has 0 aliphatic carbocycles. The summed E-state index contributed by atoms with van der Waals surface area (Å²) in [5.74, 6) is -0.345. The first-order valence-corrected chi connectivity index (χ1v) is 9.47. The second-order valence-corrected chi connectivity index (χ2v) is 7.69. The molecule has 8 heteroatoms. The average molecular weight is 392 g/mol. The Bertz CT molecular complexity index is 1020. The lowest BCUT2D eigenvalue weighted by atomic mass is 10.2. The quantitative estimate of drug-likeness (QED) is 0.659. The van der Waals surface area contributed by atoms with Crippen LogP contribution in [0.2, 0.25) is 5.02 Å². The van der Waals surface area contributed by atoms with Gasteiger partial charge in [0.15, 0.2) is 0 Å². The predicted molar refractivity (Wildman–Crippen MR) is 101 cm³/mol. The monoisotopic (exact) mass is 391 g/mol. The molecular formula is C18H15ClFN3O2S. The summed E-state index contributed by atoms with van der Waals surface area (Å²) in [6.45, 7) is 1.92. The summed E-state index contributed by atoms with van der Waals surface area (Å²) in [5.41, 5.74) is 2.54. The molecule has 0 saturated carbocycles. The third-order valence-corrected chi connectivity index (χ3v) is 5.20. The number of hydrogen-bond acceptors (Lipinski definition) is 4. The van der Waals surface area contributed by atoms with Crippen molar-refractivity contribution < 1.29 is 12.8 Å². The summed E-state index contributed by atoms with van der Waals surface area (Å²) in [7, 11) is -3.83. The summed E-state index contributed by atoms with van der Waals surface area (Å²) < 4.78 is 39.8. The molecule has 3 aromatic rings. The van der Waals surface area contributed by atoms with Gasteiger partial charge in [-0.05, 0) is 67.1 Å². The highest BCUT2D eigenvalue weighted by atomic mass is 35.5. The molecule has 134 valence electrons. The van der Waals surface area contributed by atoms with Crippen molar-refractivity contribution in [2.75, 3.05) is 10.0 Å². The van der Waals surface area contributed by atoms with Gasteiger partial charge in [-0.1, -0.05) is 11.6 Å². The second kappa shape index (κ2) is 7.31. The predicted octanol–water partition coefficient (Wildman–Crippen LogP) is 4.73. The Morgan fingerprint density at radius 1 is 1.04 bits per heavy atom. The number of halogens is 2. The number of anilines is 3. The van der Waals surface area contributed by atoms with E-state index in [9.17, 15) is 12.8 Å². The molecule has 0 fully saturated rings. The number of aryl methyl sites for hydroxylation is 1. The van der Waals surface area contributed by atoms with Gasteiger partial charge in [-0.15, -0.1) is 0 Å². The van der Waals surface area contributed by atoms with Gasteiger partial charge in [-0.3, -0.25) is 4.72 Å². The lowest BCUT2D eigenvalue weighted by Gasteiger charge is -2.11. The Morgan fingerprint density at radius 3 is 2.38 bits per heavy atom. The van der Waals surface area contributed by atoms with Crippen molar-refractivity contribution in [1.29, 1.82) is 0 Å². The highest BCUT2D eigenvalue weighted by Crippen LogP contribution is 2.24. The number of nitrogens with one attached hydrogen (secondary N) is 2. The Morgan fingerprint density at radius 2 is 1.77 bits per heavy atom. The van der Waals surface area contributed by atoms with Gasteiger partial charge in [0.1, 0.15) is 11.6 Å². The van der Waals surface area contributed by atoms with Crippen LogP contribution >= 0.6 is 11.6 Å². The van der Waals surface area contributed by atoms with E-state index in [1.54, 1.807) is 12.1 Å². The van der Waals surface area contributed by atoms with Crippen LogP contribution in [0.5, 0.6) is 0 Å². The molecule has 5 nitrogen and oxygen atoms in total. The topological polar surface area (TPSA) is 71.1 Å². The van der Waals surface area contributed by atoms with Crippen molar-refractivity contribution in [2.24, 2.45) is 0 Å². The normalized spacial score (nSPS) is 11.2. The van der Waals surface area contributed by atoms with E-state index >= 15 is 0 Å². The Hall–Kier alpha value is -2.64. The van der Waals surface area contributed by atoms with Gasteiger partial charge in [0.05, 0.1) is 16.8 Å². The maximum absolute atomic E-state index is 12.9. The van der Waals surface area contributed by atoms with Crippen LogP contribution in [0.3, 0.4) is 0 Å². The molecule has 0 aliphatic heterocycles. The fraction of sp³-hybridized carbons (Fsp3) is 0.0556. The molecule has 2 N–H and O–H groups in total. The van der Waals surface area contributed by atoms with Crippen LogP contribution in [0.15, 0.2) is 65.7 Å². The van der Waals surface area contributed by atoms with Gasteiger partial charge in [-0.25, -0.2) is 17.8 Å². The van der Waals surface area contributed by atoms with E-state index < -0.39 is 15.8 Å². The zero-order valence-electron chi connectivity index (χ0n) is 13.7. The number of benzene rings is 2. The van der Waals surface area contributed by atoms with Gasteiger partial charge in [0.25, 0.3) is 10.0 Å². The van der Waals surface area contributed by atoms with Gasteiger partial charge in [0.2, 0.25) is 0 Å². The summed E-state index contributed by atoms with van der Waals surface area (Å²) >= 11 is 5.94. The fourth-order valence-electron chi connectivity index (χ4n) is 2.26. The van der Waals surface area contributed by atoms with Crippen LogP contribution in [0, 0.1) is 12.7 Å². The van der Waals surface area contributed by atoms with E-state index in [1.165, 1.54) is 24.4 Å². The minimum atomic E-state index is -3.83. The van der Waals surface area contributed by atoms with E-state index in [2.05, 4.69) is 15.0 Å². The third kappa shape index (κ3) is 4.30. The first-order chi connectivity index (χ1) is 12.3. The number of nitrogens with zero attached hydrogens (tertiary/aromatic N) is 1. The SMILES string of the molecule is Cc1cc(Cl)ccc1Nc1ccc(NS(=O)(=O)c2ccc(F)cc2)nc1. The number of pyridine rings is 1. The second-order valence-electron chi connectivity index (χ2n) is 5.58. The van der Waals surface area contributed by atoms with Crippen molar-refractivity contribution in [1.82, 2.24) is 4.98 Å². The minimum Gasteiger partial charge on any atom is -0.354 e. The molecule has 0 radical (unpaired) electrons. The van der Waals surface area contributed by atoms with Crippen molar-refractivity contribution in [2.45, 2.75) is 11.8 Å². The summed E-state index contributed by atoms with van der Waals surface area (Å²) in [6, 6.07) is 13.2. The molecule has 26 heavy (non-hydrogen) atoms. The van der Waals surface area contributed by atoms with Crippen molar-refractivity contribution >= 4 is 38.8 Å². The van der Waals surface area contributed by atoms with E-state index in [4.69, 9.17) is 11.6 Å². The van der Waals surface area contributed by atoms with Gasteiger partial charge in [-0.2, -0.15) is 0 Å². The smallest absolute Gasteiger partial charge is 0.263 e. The molecule has 0 saturated heterocycles. The van der Waals surface area contributed by atoms with Crippen molar-refractivity contribution in [3.8, 4) is 0 Å². The highest BCUT2D eigenvalue weighted by molar-refractivity contribution is 7.92.